The van der Waals surface area contributed by atoms with E-state index in [1.54, 1.807) is 19.1 Å². The molecule has 3 heterocycles. The molecule has 1 saturated heterocycles. The molecule has 0 amide bonds. The van der Waals surface area contributed by atoms with Gasteiger partial charge in [-0.2, -0.15) is 5.48 Å². The van der Waals surface area contributed by atoms with E-state index in [9.17, 15) is 18.0 Å². The Labute approximate surface area is 170 Å². The van der Waals surface area contributed by atoms with Crippen molar-refractivity contribution in [1.82, 2.24) is 5.48 Å². The van der Waals surface area contributed by atoms with E-state index in [-0.39, 0.29) is 41.8 Å². The normalized spacial score (nSPS) is 21.1. The van der Waals surface area contributed by atoms with Gasteiger partial charge < -0.3 is 13.6 Å². The highest BCUT2D eigenvalue weighted by molar-refractivity contribution is 7.90. The molecule has 0 radical (unpaired) electrons. The monoisotopic (exact) mass is 435 g/mol. The van der Waals surface area contributed by atoms with Gasteiger partial charge in [0.05, 0.1) is 4.90 Å². The van der Waals surface area contributed by atoms with E-state index in [4.69, 9.17) is 18.4 Å². The van der Waals surface area contributed by atoms with Gasteiger partial charge in [-0.3, -0.25) is 9.63 Å². The molecule has 11 nitrogen and oxygen atoms in total. The molecule has 1 unspecified atom stereocenters. The standard InChI is InChI=1S/C18H17N3O8S/c1-10-13(28-17(23)27-10)9-26-21-18-8-7-14(22)29-16(18)20-19-15(18)11-3-5-12(6-4-11)30(2,24)25/h3-6,21H,7-9H2,1-2H3. The zero-order valence-corrected chi connectivity index (χ0v) is 16.8. The summed E-state index contributed by atoms with van der Waals surface area (Å²) in [5, 5.41) is 8.11. The number of sulfone groups is 1. The number of carbonyl (C=O) groups is 1. The molecule has 1 aromatic heterocycles. The van der Waals surface area contributed by atoms with E-state index in [2.05, 4.69) is 15.7 Å². The lowest BCUT2D eigenvalue weighted by atomic mass is 9.84. The summed E-state index contributed by atoms with van der Waals surface area (Å²) in [5.74, 6) is -0.797. The SMILES string of the molecule is Cc1oc(=O)oc1CONC12CCC(=O)OC1=NN=C2c1ccc(S(C)(=O)=O)cc1. The Morgan fingerprint density at radius 2 is 1.90 bits per heavy atom. The molecular weight excluding hydrogens is 418 g/mol. The van der Waals surface area contributed by atoms with Gasteiger partial charge in [-0.05, 0) is 25.5 Å². The molecule has 0 bridgehead atoms. The molecular formula is C18H17N3O8S. The molecule has 1 aromatic carbocycles. The Hall–Kier alpha value is -3.09. The fourth-order valence-electron chi connectivity index (χ4n) is 3.19. The predicted octanol–water partition coefficient (Wildman–Crippen LogP) is 0.858. The van der Waals surface area contributed by atoms with Crippen molar-refractivity contribution >= 4 is 27.4 Å². The third kappa shape index (κ3) is 3.60. The number of carbonyl (C=O) groups excluding carboxylic acids is 1. The Morgan fingerprint density at radius 3 is 2.53 bits per heavy atom. The smallest absolute Gasteiger partial charge is 0.407 e. The van der Waals surface area contributed by atoms with E-state index in [0.717, 1.165) is 6.26 Å². The molecule has 30 heavy (non-hydrogen) atoms. The van der Waals surface area contributed by atoms with Crippen LogP contribution in [0.25, 0.3) is 0 Å². The number of rotatable bonds is 6. The fourth-order valence-corrected chi connectivity index (χ4v) is 3.82. The summed E-state index contributed by atoms with van der Waals surface area (Å²) in [6.45, 7) is 1.42. The Morgan fingerprint density at radius 1 is 1.17 bits per heavy atom. The van der Waals surface area contributed by atoms with Crippen LogP contribution in [0.5, 0.6) is 0 Å². The van der Waals surface area contributed by atoms with Crippen LogP contribution in [0.3, 0.4) is 0 Å². The van der Waals surface area contributed by atoms with Crippen LogP contribution >= 0.6 is 0 Å². The van der Waals surface area contributed by atoms with Crippen molar-refractivity contribution in [3.63, 3.8) is 0 Å². The van der Waals surface area contributed by atoms with E-state index in [1.165, 1.54) is 12.1 Å². The van der Waals surface area contributed by atoms with Gasteiger partial charge in [0.1, 0.15) is 18.1 Å². The van der Waals surface area contributed by atoms with Crippen LogP contribution in [0.15, 0.2) is 53.0 Å². The predicted molar refractivity (Wildman–Crippen MR) is 101 cm³/mol. The van der Waals surface area contributed by atoms with Crippen LogP contribution in [-0.4, -0.2) is 37.8 Å². The van der Waals surface area contributed by atoms with Crippen molar-refractivity contribution in [3.05, 3.63) is 52.0 Å². The van der Waals surface area contributed by atoms with Crippen LogP contribution < -0.4 is 11.3 Å². The second kappa shape index (κ2) is 7.31. The molecule has 1 fully saturated rings. The minimum Gasteiger partial charge on any atom is -0.407 e. The summed E-state index contributed by atoms with van der Waals surface area (Å²) in [6, 6.07) is 6.09. The lowest BCUT2D eigenvalue weighted by molar-refractivity contribution is -0.139. The summed E-state index contributed by atoms with van der Waals surface area (Å²) in [7, 11) is -3.36. The van der Waals surface area contributed by atoms with Crippen molar-refractivity contribution in [1.29, 1.82) is 0 Å². The molecule has 2 aliphatic rings. The van der Waals surface area contributed by atoms with Gasteiger partial charge in [0.25, 0.3) is 0 Å². The minimum absolute atomic E-state index is 0.0197. The molecule has 1 atom stereocenters. The first-order chi connectivity index (χ1) is 14.2. The zero-order chi connectivity index (χ0) is 21.5. The van der Waals surface area contributed by atoms with E-state index >= 15 is 0 Å². The highest BCUT2D eigenvalue weighted by Gasteiger charge is 2.51. The quantitative estimate of drug-likeness (QED) is 0.515. The average molecular weight is 435 g/mol. The number of fused-ring (bicyclic) bond motifs is 1. The Bertz CT molecular complexity index is 1220. The van der Waals surface area contributed by atoms with Gasteiger partial charge in [-0.15, -0.1) is 10.2 Å². The second-order valence-electron chi connectivity index (χ2n) is 6.85. The van der Waals surface area contributed by atoms with Crippen LogP contribution in [0, 0.1) is 6.92 Å². The molecule has 1 N–H and O–H groups in total. The number of hydroxylamine groups is 1. The summed E-state index contributed by atoms with van der Waals surface area (Å²) in [6.07, 6.45) is 1.44. The summed E-state index contributed by atoms with van der Waals surface area (Å²) < 4.78 is 38.4. The maximum absolute atomic E-state index is 11.7. The zero-order valence-electron chi connectivity index (χ0n) is 16.0. The number of ether oxygens (including phenoxy) is 1. The summed E-state index contributed by atoms with van der Waals surface area (Å²) >= 11 is 0. The van der Waals surface area contributed by atoms with Crippen molar-refractivity contribution in [2.45, 2.75) is 36.8 Å². The van der Waals surface area contributed by atoms with Crippen LogP contribution in [0.4, 0.5) is 0 Å². The first-order valence-electron chi connectivity index (χ1n) is 8.85. The minimum atomic E-state index is -3.36. The number of benzene rings is 1. The van der Waals surface area contributed by atoms with E-state index < -0.39 is 27.2 Å². The fraction of sp³-hybridized carbons (Fsp3) is 0.333. The number of esters is 1. The van der Waals surface area contributed by atoms with Gasteiger partial charge in [0, 0.05) is 18.2 Å². The highest BCUT2D eigenvalue weighted by atomic mass is 32.2. The number of hydrogen-bond donors (Lipinski definition) is 1. The lowest BCUT2D eigenvalue weighted by Crippen LogP contribution is -2.59. The molecule has 12 heteroatoms. The first kappa shape index (κ1) is 20.2. The Balaban J connectivity index is 1.61. The lowest BCUT2D eigenvalue weighted by Gasteiger charge is -2.34. The van der Waals surface area contributed by atoms with Crippen LogP contribution in [-0.2, 0) is 30.8 Å². The molecule has 0 aliphatic carbocycles. The molecule has 158 valence electrons. The summed E-state index contributed by atoms with van der Waals surface area (Å²) in [4.78, 5) is 28.6. The van der Waals surface area contributed by atoms with Crippen molar-refractivity contribution in [2.75, 3.05) is 6.26 Å². The number of aryl methyl sites for hydroxylation is 1. The van der Waals surface area contributed by atoms with Crippen LogP contribution in [0.2, 0.25) is 0 Å². The number of hydrogen-bond acceptors (Lipinski definition) is 11. The van der Waals surface area contributed by atoms with Crippen molar-refractivity contribution in [2.24, 2.45) is 10.2 Å². The van der Waals surface area contributed by atoms with Gasteiger partial charge in [0.15, 0.2) is 21.1 Å². The second-order valence-corrected chi connectivity index (χ2v) is 8.87. The Kier molecular flexibility index (Phi) is 4.92. The van der Waals surface area contributed by atoms with Gasteiger partial charge in [0.2, 0.25) is 5.90 Å². The topological polar surface area (TPSA) is 150 Å². The van der Waals surface area contributed by atoms with Gasteiger partial charge in [-0.1, -0.05) is 12.1 Å². The van der Waals surface area contributed by atoms with E-state index in [0.29, 0.717) is 11.3 Å². The van der Waals surface area contributed by atoms with Gasteiger partial charge in [-0.25, -0.2) is 13.2 Å². The van der Waals surface area contributed by atoms with Crippen molar-refractivity contribution < 1.29 is 31.6 Å². The van der Waals surface area contributed by atoms with Gasteiger partial charge >= 0.3 is 11.8 Å². The first-order valence-corrected chi connectivity index (χ1v) is 10.7. The molecule has 2 aliphatic heterocycles. The maximum atomic E-state index is 11.7. The molecule has 0 saturated carbocycles. The molecule has 0 spiro atoms. The van der Waals surface area contributed by atoms with Crippen molar-refractivity contribution in [3.8, 4) is 0 Å². The highest BCUT2D eigenvalue weighted by Crippen LogP contribution is 2.32. The third-order valence-corrected chi connectivity index (χ3v) is 5.89. The third-order valence-electron chi connectivity index (χ3n) is 4.77. The average Bonchev–Trinajstić information content (AvgIpc) is 3.20. The van der Waals surface area contributed by atoms with Crippen LogP contribution in [0.1, 0.15) is 29.9 Å². The van der Waals surface area contributed by atoms with E-state index in [1.807, 2.05) is 0 Å². The molecule has 2 aromatic rings. The maximum Gasteiger partial charge on any atom is 0.519 e. The largest absolute Gasteiger partial charge is 0.519 e. The number of nitrogens with one attached hydrogen (secondary N) is 1. The molecule has 4 rings (SSSR count). The summed E-state index contributed by atoms with van der Waals surface area (Å²) in [5.41, 5.74) is 2.64. The number of nitrogens with zero attached hydrogens (tertiary/aromatic N) is 2.